The van der Waals surface area contributed by atoms with E-state index < -0.39 is 11.5 Å². The number of hydrogen-bond acceptors (Lipinski definition) is 4. The zero-order valence-corrected chi connectivity index (χ0v) is 12.9. The number of hydrogen-bond donors (Lipinski definition) is 2. The van der Waals surface area contributed by atoms with Crippen LogP contribution < -0.4 is 11.0 Å². The summed E-state index contributed by atoms with van der Waals surface area (Å²) < 4.78 is 2.64. The van der Waals surface area contributed by atoms with Crippen LogP contribution in [0.5, 0.6) is 0 Å². The SMILES string of the molecule is CCCC(C)(O)C(=O)Nc1ccc(-n2ncn(C)c2=O)cc1. The Labute approximate surface area is 128 Å². The molecule has 1 heterocycles. The van der Waals surface area contributed by atoms with Crippen molar-refractivity contribution in [2.75, 3.05) is 5.32 Å². The molecule has 0 fully saturated rings. The number of amides is 1. The smallest absolute Gasteiger partial charge is 0.350 e. The van der Waals surface area contributed by atoms with Gasteiger partial charge >= 0.3 is 5.69 Å². The summed E-state index contributed by atoms with van der Waals surface area (Å²) in [5.41, 5.74) is -0.494. The van der Waals surface area contributed by atoms with Gasteiger partial charge in [-0.3, -0.25) is 9.36 Å². The molecule has 0 aliphatic heterocycles. The van der Waals surface area contributed by atoms with E-state index in [1.54, 1.807) is 31.3 Å². The highest BCUT2D eigenvalue weighted by Gasteiger charge is 2.28. The van der Waals surface area contributed by atoms with Crippen molar-refractivity contribution in [1.29, 1.82) is 0 Å². The Bertz CT molecular complexity index is 713. The van der Waals surface area contributed by atoms with Crippen LogP contribution in [0.25, 0.3) is 5.69 Å². The molecule has 1 amide bonds. The number of aromatic nitrogens is 3. The zero-order valence-electron chi connectivity index (χ0n) is 12.9. The van der Waals surface area contributed by atoms with Crippen LogP contribution in [0.1, 0.15) is 26.7 Å². The third kappa shape index (κ3) is 3.25. The Kier molecular flexibility index (Phi) is 4.46. The van der Waals surface area contributed by atoms with Gasteiger partial charge in [0.25, 0.3) is 5.91 Å². The van der Waals surface area contributed by atoms with E-state index in [1.807, 2.05) is 6.92 Å². The van der Waals surface area contributed by atoms with E-state index in [9.17, 15) is 14.7 Å². The standard InChI is InChI=1S/C15H20N4O3/c1-4-9-15(2,22)13(20)17-11-5-7-12(8-6-11)19-14(21)18(3)10-16-19/h5-8,10,22H,4,9H2,1-3H3,(H,17,20). The number of aliphatic hydroxyl groups is 1. The van der Waals surface area contributed by atoms with Crippen molar-refractivity contribution in [1.82, 2.24) is 14.3 Å². The highest BCUT2D eigenvalue weighted by atomic mass is 16.3. The molecule has 7 heteroatoms. The number of nitrogens with zero attached hydrogens (tertiary/aromatic N) is 3. The minimum atomic E-state index is -1.40. The second-order valence-electron chi connectivity index (χ2n) is 5.46. The lowest BCUT2D eigenvalue weighted by atomic mass is 9.99. The second kappa shape index (κ2) is 6.15. The molecule has 0 saturated carbocycles. The van der Waals surface area contributed by atoms with Gasteiger partial charge in [0, 0.05) is 12.7 Å². The summed E-state index contributed by atoms with van der Waals surface area (Å²) in [6.07, 6.45) is 2.53. The van der Waals surface area contributed by atoms with Crippen LogP contribution in [0, 0.1) is 0 Å². The number of benzene rings is 1. The maximum absolute atomic E-state index is 12.0. The number of aryl methyl sites for hydroxylation is 1. The van der Waals surface area contributed by atoms with Gasteiger partial charge in [0.15, 0.2) is 0 Å². The Morgan fingerprint density at radius 2 is 2.00 bits per heavy atom. The van der Waals surface area contributed by atoms with Gasteiger partial charge in [-0.15, -0.1) is 0 Å². The number of nitrogens with one attached hydrogen (secondary N) is 1. The summed E-state index contributed by atoms with van der Waals surface area (Å²) in [6.45, 7) is 3.40. The topological polar surface area (TPSA) is 89.2 Å². The fourth-order valence-corrected chi connectivity index (χ4v) is 2.11. The van der Waals surface area contributed by atoms with Crippen LogP contribution in [0.15, 0.2) is 35.4 Å². The maximum Gasteiger partial charge on any atom is 0.350 e. The lowest BCUT2D eigenvalue weighted by Crippen LogP contribution is -2.39. The van der Waals surface area contributed by atoms with Crippen molar-refractivity contribution in [3.05, 3.63) is 41.1 Å². The molecule has 0 saturated heterocycles. The van der Waals surface area contributed by atoms with Crippen molar-refractivity contribution in [2.45, 2.75) is 32.3 Å². The van der Waals surface area contributed by atoms with Crippen molar-refractivity contribution in [3.63, 3.8) is 0 Å². The minimum absolute atomic E-state index is 0.248. The van der Waals surface area contributed by atoms with Gasteiger partial charge in [0.1, 0.15) is 11.9 Å². The monoisotopic (exact) mass is 304 g/mol. The molecule has 22 heavy (non-hydrogen) atoms. The molecular formula is C15H20N4O3. The average molecular weight is 304 g/mol. The van der Waals surface area contributed by atoms with E-state index in [4.69, 9.17) is 0 Å². The Morgan fingerprint density at radius 1 is 1.36 bits per heavy atom. The molecule has 0 bridgehead atoms. The number of carbonyl (C=O) groups is 1. The molecule has 0 aliphatic rings. The highest BCUT2D eigenvalue weighted by Crippen LogP contribution is 2.17. The van der Waals surface area contributed by atoms with Crippen LogP contribution in [0.3, 0.4) is 0 Å². The minimum Gasteiger partial charge on any atom is -0.380 e. The molecule has 2 aromatic rings. The van der Waals surface area contributed by atoms with Crippen LogP contribution in [-0.2, 0) is 11.8 Å². The molecule has 2 N–H and O–H groups in total. The van der Waals surface area contributed by atoms with Crippen LogP contribution in [0.2, 0.25) is 0 Å². The molecule has 118 valence electrons. The predicted octanol–water partition coefficient (Wildman–Crippen LogP) is 1.06. The average Bonchev–Trinajstić information content (AvgIpc) is 2.80. The molecule has 7 nitrogen and oxygen atoms in total. The fourth-order valence-electron chi connectivity index (χ4n) is 2.11. The molecular weight excluding hydrogens is 284 g/mol. The predicted molar refractivity (Wildman–Crippen MR) is 83.0 cm³/mol. The van der Waals surface area contributed by atoms with Crippen molar-refractivity contribution < 1.29 is 9.90 Å². The van der Waals surface area contributed by atoms with Gasteiger partial charge < -0.3 is 10.4 Å². The summed E-state index contributed by atoms with van der Waals surface area (Å²) in [7, 11) is 1.62. The summed E-state index contributed by atoms with van der Waals surface area (Å²) in [5.74, 6) is -0.447. The molecule has 1 atom stereocenters. The first-order chi connectivity index (χ1) is 10.3. The highest BCUT2D eigenvalue weighted by molar-refractivity contribution is 5.96. The van der Waals surface area contributed by atoms with Crippen LogP contribution in [0.4, 0.5) is 5.69 Å². The van der Waals surface area contributed by atoms with E-state index in [2.05, 4.69) is 10.4 Å². The Balaban J connectivity index is 2.15. The van der Waals surface area contributed by atoms with Crippen molar-refractivity contribution in [3.8, 4) is 5.69 Å². The first kappa shape index (κ1) is 16.0. The molecule has 0 aliphatic carbocycles. The van der Waals surface area contributed by atoms with Crippen molar-refractivity contribution in [2.24, 2.45) is 7.05 Å². The number of anilines is 1. The van der Waals surface area contributed by atoms with Gasteiger partial charge in [0.05, 0.1) is 5.69 Å². The Hall–Kier alpha value is -2.41. The first-order valence-electron chi connectivity index (χ1n) is 7.10. The van der Waals surface area contributed by atoms with Gasteiger partial charge in [0.2, 0.25) is 0 Å². The van der Waals surface area contributed by atoms with Gasteiger partial charge in [-0.05, 0) is 37.6 Å². The van der Waals surface area contributed by atoms with E-state index in [0.29, 0.717) is 24.2 Å². The van der Waals surface area contributed by atoms with Crippen LogP contribution in [-0.4, -0.2) is 31.0 Å². The van der Waals surface area contributed by atoms with E-state index >= 15 is 0 Å². The summed E-state index contributed by atoms with van der Waals surface area (Å²) in [4.78, 5) is 23.8. The van der Waals surface area contributed by atoms with Crippen molar-refractivity contribution >= 4 is 11.6 Å². The maximum atomic E-state index is 12.0. The number of rotatable bonds is 5. The largest absolute Gasteiger partial charge is 0.380 e. The first-order valence-corrected chi connectivity index (χ1v) is 7.10. The lowest BCUT2D eigenvalue weighted by Gasteiger charge is -2.21. The quantitative estimate of drug-likeness (QED) is 0.864. The fraction of sp³-hybridized carbons (Fsp3) is 0.400. The molecule has 1 aromatic heterocycles. The van der Waals surface area contributed by atoms with Gasteiger partial charge in [-0.2, -0.15) is 9.78 Å². The van der Waals surface area contributed by atoms with Crippen LogP contribution >= 0.6 is 0 Å². The Morgan fingerprint density at radius 3 is 2.50 bits per heavy atom. The van der Waals surface area contributed by atoms with E-state index in [0.717, 1.165) is 0 Å². The molecule has 2 rings (SSSR count). The molecule has 1 unspecified atom stereocenters. The summed E-state index contributed by atoms with van der Waals surface area (Å²) in [5, 5.41) is 16.7. The third-order valence-electron chi connectivity index (χ3n) is 3.42. The van der Waals surface area contributed by atoms with E-state index in [1.165, 1.54) is 22.5 Å². The van der Waals surface area contributed by atoms with Gasteiger partial charge in [-0.25, -0.2) is 4.79 Å². The normalized spacial score (nSPS) is 13.6. The summed E-state index contributed by atoms with van der Waals surface area (Å²) in [6, 6.07) is 6.68. The summed E-state index contributed by atoms with van der Waals surface area (Å²) >= 11 is 0. The molecule has 1 aromatic carbocycles. The second-order valence-corrected chi connectivity index (χ2v) is 5.46. The van der Waals surface area contributed by atoms with Gasteiger partial charge in [-0.1, -0.05) is 13.3 Å². The molecule has 0 spiro atoms. The number of carbonyl (C=O) groups excluding carboxylic acids is 1. The van der Waals surface area contributed by atoms with E-state index in [-0.39, 0.29) is 5.69 Å². The molecule has 0 radical (unpaired) electrons. The zero-order chi connectivity index (χ0) is 16.3. The third-order valence-corrected chi connectivity index (χ3v) is 3.42. The lowest BCUT2D eigenvalue weighted by molar-refractivity contribution is -0.133.